The quantitative estimate of drug-likeness (QED) is 0.934. The highest BCUT2D eigenvalue weighted by molar-refractivity contribution is 5.80. The van der Waals surface area contributed by atoms with Gasteiger partial charge in [-0.25, -0.2) is 8.78 Å². The lowest BCUT2D eigenvalue weighted by atomic mass is 10.0. The third kappa shape index (κ3) is 2.76. The minimum absolute atomic E-state index is 0.0251. The summed E-state index contributed by atoms with van der Waals surface area (Å²) < 4.78 is 28.8. The Morgan fingerprint density at radius 1 is 1.33 bits per heavy atom. The Bertz CT molecular complexity index is 650. The Kier molecular flexibility index (Phi) is 3.64. The van der Waals surface area contributed by atoms with Crippen LogP contribution in [0, 0.1) is 17.6 Å². The number of rotatable bonds is 4. The van der Waals surface area contributed by atoms with E-state index in [1.807, 2.05) is 0 Å². The molecule has 0 radical (unpaired) electrons. The number of nitrogens with one attached hydrogen (secondary N) is 1. The van der Waals surface area contributed by atoms with E-state index in [1.165, 1.54) is 29.1 Å². The van der Waals surface area contributed by atoms with Crippen LogP contribution < -0.4 is 5.32 Å². The molecule has 1 fully saturated rings. The van der Waals surface area contributed by atoms with Gasteiger partial charge in [-0.05, 0) is 25.0 Å². The molecule has 0 bridgehead atoms. The molecule has 0 aliphatic carbocycles. The third-order valence-corrected chi connectivity index (χ3v) is 3.63. The molecule has 1 aliphatic rings. The van der Waals surface area contributed by atoms with Crippen LogP contribution in [-0.2, 0) is 11.3 Å². The molecule has 1 aromatic heterocycles. The topological polar surface area (TPSA) is 59.8 Å². The highest BCUT2D eigenvalue weighted by atomic mass is 19.1. The van der Waals surface area contributed by atoms with Crippen molar-refractivity contribution in [3.05, 3.63) is 36.0 Å². The van der Waals surface area contributed by atoms with Crippen LogP contribution in [0.25, 0.3) is 11.3 Å². The second-order valence-electron chi connectivity index (χ2n) is 5.03. The van der Waals surface area contributed by atoms with Gasteiger partial charge in [0.1, 0.15) is 17.3 Å². The van der Waals surface area contributed by atoms with Crippen molar-refractivity contribution in [2.45, 2.75) is 19.4 Å². The number of nitrogens with zero attached hydrogens (tertiary/aromatic N) is 3. The molecule has 0 spiro atoms. The fraction of sp³-hybridized carbons (Fsp3) is 0.357. The molecule has 1 aromatic carbocycles. The largest absolute Gasteiger partial charge is 0.356 e. The zero-order chi connectivity index (χ0) is 14.8. The molecule has 2 aromatic rings. The lowest BCUT2D eigenvalue weighted by Gasteiger charge is -2.05. The Morgan fingerprint density at radius 3 is 2.76 bits per heavy atom. The standard InChI is InChI=1S/C14H14F2N4O/c15-10-2-1-3-11(16)13(10)12-8-20(19-18-12)7-5-9-4-6-17-14(9)21/h1-3,8-9H,4-7H2,(H,17,21). The monoisotopic (exact) mass is 292 g/mol. The number of aryl methyl sites for hydroxylation is 1. The number of carbonyl (C=O) groups excluding carboxylic acids is 1. The average Bonchev–Trinajstić information content (AvgIpc) is 3.06. The molecule has 7 heteroatoms. The van der Waals surface area contributed by atoms with Gasteiger partial charge in [0.2, 0.25) is 5.91 Å². The van der Waals surface area contributed by atoms with Gasteiger partial charge in [0.15, 0.2) is 0 Å². The van der Waals surface area contributed by atoms with E-state index >= 15 is 0 Å². The van der Waals surface area contributed by atoms with E-state index in [-0.39, 0.29) is 23.1 Å². The van der Waals surface area contributed by atoms with Crippen LogP contribution in [0.5, 0.6) is 0 Å². The van der Waals surface area contributed by atoms with E-state index in [1.54, 1.807) is 0 Å². The lowest BCUT2D eigenvalue weighted by molar-refractivity contribution is -0.122. The molecule has 3 rings (SSSR count). The second kappa shape index (κ2) is 5.59. The first kappa shape index (κ1) is 13.7. The van der Waals surface area contributed by atoms with E-state index in [2.05, 4.69) is 15.6 Å². The highest BCUT2D eigenvalue weighted by Gasteiger charge is 2.23. The number of aromatic nitrogens is 3. The molecule has 1 N–H and O–H groups in total. The molecular weight excluding hydrogens is 278 g/mol. The van der Waals surface area contributed by atoms with E-state index in [0.29, 0.717) is 19.5 Å². The molecule has 5 nitrogen and oxygen atoms in total. The maximum atomic E-state index is 13.7. The Morgan fingerprint density at radius 2 is 2.10 bits per heavy atom. The van der Waals surface area contributed by atoms with Crippen LogP contribution in [-0.4, -0.2) is 27.4 Å². The van der Waals surface area contributed by atoms with Crippen molar-refractivity contribution in [1.82, 2.24) is 20.3 Å². The SMILES string of the molecule is O=C1NCCC1CCn1cc(-c2c(F)cccc2F)nn1. The van der Waals surface area contributed by atoms with Gasteiger partial charge >= 0.3 is 0 Å². The zero-order valence-electron chi connectivity index (χ0n) is 11.2. The van der Waals surface area contributed by atoms with Crippen LogP contribution in [0.2, 0.25) is 0 Å². The fourth-order valence-electron chi connectivity index (χ4n) is 2.47. The van der Waals surface area contributed by atoms with E-state index in [4.69, 9.17) is 0 Å². The van der Waals surface area contributed by atoms with Crippen molar-refractivity contribution in [1.29, 1.82) is 0 Å². The Labute approximate surface area is 120 Å². The zero-order valence-corrected chi connectivity index (χ0v) is 11.2. The first-order chi connectivity index (χ1) is 10.1. The number of hydrogen-bond acceptors (Lipinski definition) is 3. The molecule has 2 heterocycles. The molecule has 1 aliphatic heterocycles. The summed E-state index contributed by atoms with van der Waals surface area (Å²) in [7, 11) is 0. The van der Waals surface area contributed by atoms with Crippen molar-refractivity contribution < 1.29 is 13.6 Å². The Hall–Kier alpha value is -2.31. The van der Waals surface area contributed by atoms with E-state index < -0.39 is 11.6 Å². The minimum atomic E-state index is -0.669. The van der Waals surface area contributed by atoms with Gasteiger partial charge in [-0.2, -0.15) is 0 Å². The number of carbonyl (C=O) groups is 1. The predicted octanol–water partition coefficient (Wildman–Crippen LogP) is 1.75. The van der Waals surface area contributed by atoms with Crippen LogP contribution in [0.15, 0.2) is 24.4 Å². The summed E-state index contributed by atoms with van der Waals surface area (Å²) >= 11 is 0. The van der Waals surface area contributed by atoms with Crippen LogP contribution in [0.3, 0.4) is 0 Å². The number of amides is 1. The number of benzene rings is 1. The predicted molar refractivity (Wildman–Crippen MR) is 71.1 cm³/mol. The van der Waals surface area contributed by atoms with Crippen LogP contribution in [0.1, 0.15) is 12.8 Å². The fourth-order valence-corrected chi connectivity index (χ4v) is 2.47. The number of halogens is 2. The van der Waals surface area contributed by atoms with Crippen molar-refractivity contribution in [2.24, 2.45) is 5.92 Å². The first-order valence-corrected chi connectivity index (χ1v) is 6.77. The molecule has 1 atom stereocenters. The van der Waals surface area contributed by atoms with Crippen LogP contribution in [0.4, 0.5) is 8.78 Å². The van der Waals surface area contributed by atoms with Crippen molar-refractivity contribution >= 4 is 5.91 Å². The molecular formula is C14H14F2N4O. The summed E-state index contributed by atoms with van der Waals surface area (Å²) in [6, 6.07) is 3.66. The normalized spacial score (nSPS) is 18.0. The summed E-state index contributed by atoms with van der Waals surface area (Å²) in [6.07, 6.45) is 2.94. The third-order valence-electron chi connectivity index (χ3n) is 3.63. The molecule has 1 amide bonds. The second-order valence-corrected chi connectivity index (χ2v) is 5.03. The van der Waals surface area contributed by atoms with Gasteiger partial charge in [-0.3, -0.25) is 9.48 Å². The van der Waals surface area contributed by atoms with Gasteiger partial charge < -0.3 is 5.32 Å². The molecule has 0 saturated carbocycles. The van der Waals surface area contributed by atoms with E-state index in [9.17, 15) is 13.6 Å². The van der Waals surface area contributed by atoms with Crippen molar-refractivity contribution in [3.8, 4) is 11.3 Å². The van der Waals surface area contributed by atoms with Crippen molar-refractivity contribution in [3.63, 3.8) is 0 Å². The average molecular weight is 292 g/mol. The molecule has 1 unspecified atom stereocenters. The van der Waals surface area contributed by atoms with Gasteiger partial charge in [0.25, 0.3) is 0 Å². The molecule has 1 saturated heterocycles. The van der Waals surface area contributed by atoms with Gasteiger partial charge in [0.05, 0.1) is 11.8 Å². The first-order valence-electron chi connectivity index (χ1n) is 6.77. The minimum Gasteiger partial charge on any atom is -0.356 e. The molecule has 21 heavy (non-hydrogen) atoms. The van der Waals surface area contributed by atoms with Gasteiger partial charge in [0, 0.05) is 19.0 Å². The number of hydrogen-bond donors (Lipinski definition) is 1. The summed E-state index contributed by atoms with van der Waals surface area (Å²) in [6.45, 7) is 1.19. The van der Waals surface area contributed by atoms with Crippen LogP contribution >= 0.6 is 0 Å². The summed E-state index contributed by atoms with van der Waals surface area (Å²) in [4.78, 5) is 11.5. The summed E-state index contributed by atoms with van der Waals surface area (Å²) in [5.74, 6) is -1.31. The molecule has 110 valence electrons. The summed E-state index contributed by atoms with van der Waals surface area (Å²) in [5.41, 5.74) is -0.0242. The summed E-state index contributed by atoms with van der Waals surface area (Å²) in [5, 5.41) is 10.4. The van der Waals surface area contributed by atoms with Gasteiger partial charge in [-0.1, -0.05) is 11.3 Å². The highest BCUT2D eigenvalue weighted by Crippen LogP contribution is 2.24. The maximum absolute atomic E-state index is 13.7. The smallest absolute Gasteiger partial charge is 0.223 e. The maximum Gasteiger partial charge on any atom is 0.223 e. The Balaban J connectivity index is 1.73. The van der Waals surface area contributed by atoms with E-state index in [0.717, 1.165) is 6.42 Å². The van der Waals surface area contributed by atoms with Gasteiger partial charge in [-0.15, -0.1) is 5.10 Å². The lowest BCUT2D eigenvalue weighted by Crippen LogP contribution is -2.20. The van der Waals surface area contributed by atoms with Crippen molar-refractivity contribution in [2.75, 3.05) is 6.54 Å².